The number of aryl methyl sites for hydroxylation is 1. The van der Waals surface area contributed by atoms with Gasteiger partial charge in [0, 0.05) is 5.92 Å². The van der Waals surface area contributed by atoms with Crippen LogP contribution in [0.2, 0.25) is 0 Å². The van der Waals surface area contributed by atoms with Gasteiger partial charge in [0.15, 0.2) is 0 Å². The first-order chi connectivity index (χ1) is 17.0. The minimum atomic E-state index is 0.197. The maximum absolute atomic E-state index is 2.62. The Labute approximate surface area is 211 Å². The summed E-state index contributed by atoms with van der Waals surface area (Å²) in [6.45, 7) is 6.93. The highest BCUT2D eigenvalue weighted by atomic mass is 14.3. The summed E-state index contributed by atoms with van der Waals surface area (Å²) in [6, 6.07) is 26.3. The van der Waals surface area contributed by atoms with Gasteiger partial charge in [0.1, 0.15) is 0 Å². The van der Waals surface area contributed by atoms with Gasteiger partial charge in [-0.25, -0.2) is 0 Å². The first kappa shape index (κ1) is 22.8. The molecule has 2 aliphatic carbocycles. The summed E-state index contributed by atoms with van der Waals surface area (Å²) >= 11 is 0. The van der Waals surface area contributed by atoms with Crippen LogP contribution in [0.15, 0.2) is 66.7 Å². The van der Waals surface area contributed by atoms with Gasteiger partial charge in [-0.05, 0) is 86.4 Å². The molecular formula is C35H40. The first-order valence-corrected chi connectivity index (χ1v) is 14.1. The Hall–Kier alpha value is -2.60. The molecule has 0 heterocycles. The van der Waals surface area contributed by atoms with Crippen molar-refractivity contribution >= 4 is 21.5 Å². The number of benzene rings is 4. The van der Waals surface area contributed by atoms with Gasteiger partial charge < -0.3 is 0 Å². The van der Waals surface area contributed by atoms with Gasteiger partial charge in [0.05, 0.1) is 0 Å². The van der Waals surface area contributed by atoms with E-state index >= 15 is 0 Å². The first-order valence-electron chi connectivity index (χ1n) is 14.1. The molecule has 1 saturated carbocycles. The maximum Gasteiger partial charge on any atom is 0.00983 e. The molecule has 1 unspecified atom stereocenters. The molecule has 1 atom stereocenters. The summed E-state index contributed by atoms with van der Waals surface area (Å²) in [7, 11) is 0. The van der Waals surface area contributed by atoms with E-state index in [-0.39, 0.29) is 5.41 Å². The molecule has 6 rings (SSSR count). The lowest BCUT2D eigenvalue weighted by Gasteiger charge is -2.29. The molecule has 0 radical (unpaired) electrons. The van der Waals surface area contributed by atoms with E-state index in [0.717, 1.165) is 5.92 Å². The van der Waals surface area contributed by atoms with Crippen molar-refractivity contribution in [3.8, 4) is 0 Å². The standard InChI is InChI=1S/C35H40/c1-35(2,3)28-19-16-25(17-20-28)30-15-9-12-26-18-21-32-31-14-8-7-13-29(31)27(23-33(32)34(26)30)22-24-10-5-4-6-11-24/h7-8,13-14,16-21,23-24,30H,4-6,9-12,15,22H2,1-3H3. The normalized spacial score (nSPS) is 19.2. The van der Waals surface area contributed by atoms with Gasteiger partial charge in [0.2, 0.25) is 0 Å². The monoisotopic (exact) mass is 460 g/mol. The molecule has 0 N–H and O–H groups in total. The molecule has 0 saturated heterocycles. The molecule has 35 heavy (non-hydrogen) atoms. The molecular weight excluding hydrogens is 420 g/mol. The van der Waals surface area contributed by atoms with E-state index in [0.29, 0.717) is 5.92 Å². The smallest absolute Gasteiger partial charge is 0.00983 e. The van der Waals surface area contributed by atoms with E-state index in [1.165, 1.54) is 90.5 Å². The summed E-state index contributed by atoms with van der Waals surface area (Å²) in [4.78, 5) is 0. The highest BCUT2D eigenvalue weighted by Crippen LogP contribution is 2.44. The van der Waals surface area contributed by atoms with Gasteiger partial charge >= 0.3 is 0 Å². The van der Waals surface area contributed by atoms with Crippen molar-refractivity contribution in [1.82, 2.24) is 0 Å². The predicted octanol–water partition coefficient (Wildman–Crippen LogP) is 9.88. The SMILES string of the molecule is CC(C)(C)c1ccc(C2CCCc3ccc4c(cc(CC5CCCCC5)c5ccccc54)c32)cc1. The van der Waals surface area contributed by atoms with Crippen molar-refractivity contribution < 1.29 is 0 Å². The molecule has 180 valence electrons. The Bertz CT molecular complexity index is 1340. The molecule has 0 amide bonds. The second-order valence-electron chi connectivity index (χ2n) is 12.3. The lowest BCUT2D eigenvalue weighted by atomic mass is 9.75. The topological polar surface area (TPSA) is 0 Å². The zero-order chi connectivity index (χ0) is 24.0. The van der Waals surface area contributed by atoms with Crippen LogP contribution in [-0.4, -0.2) is 0 Å². The van der Waals surface area contributed by atoms with Crippen LogP contribution >= 0.6 is 0 Å². The largest absolute Gasteiger partial charge is 0.0616 e. The third-order valence-corrected chi connectivity index (χ3v) is 8.96. The average Bonchev–Trinajstić information content (AvgIpc) is 2.88. The third kappa shape index (κ3) is 4.31. The van der Waals surface area contributed by atoms with Crippen molar-refractivity contribution in [3.05, 3.63) is 94.5 Å². The second-order valence-corrected chi connectivity index (χ2v) is 12.3. The van der Waals surface area contributed by atoms with Crippen LogP contribution in [0, 0.1) is 5.92 Å². The molecule has 4 aromatic carbocycles. The van der Waals surface area contributed by atoms with Crippen LogP contribution in [0.5, 0.6) is 0 Å². The third-order valence-electron chi connectivity index (χ3n) is 8.96. The Balaban J connectivity index is 1.51. The summed E-state index contributed by atoms with van der Waals surface area (Å²) in [5, 5.41) is 5.90. The summed E-state index contributed by atoms with van der Waals surface area (Å²) < 4.78 is 0. The van der Waals surface area contributed by atoms with Gasteiger partial charge in [0.25, 0.3) is 0 Å². The minimum Gasteiger partial charge on any atom is -0.0616 e. The second kappa shape index (κ2) is 9.12. The van der Waals surface area contributed by atoms with Crippen LogP contribution < -0.4 is 0 Å². The molecule has 0 spiro atoms. The Kier molecular flexibility index (Phi) is 5.95. The zero-order valence-corrected chi connectivity index (χ0v) is 21.9. The van der Waals surface area contributed by atoms with E-state index in [4.69, 9.17) is 0 Å². The number of rotatable bonds is 3. The van der Waals surface area contributed by atoms with Crippen molar-refractivity contribution in [2.24, 2.45) is 5.92 Å². The van der Waals surface area contributed by atoms with Crippen molar-refractivity contribution in [3.63, 3.8) is 0 Å². The van der Waals surface area contributed by atoms with Gasteiger partial charge in [-0.3, -0.25) is 0 Å². The fourth-order valence-electron chi connectivity index (χ4n) is 7.01. The maximum atomic E-state index is 2.62. The Morgan fingerprint density at radius 1 is 0.686 bits per heavy atom. The fraction of sp³-hybridized carbons (Fsp3) is 0.429. The van der Waals surface area contributed by atoms with Crippen molar-refractivity contribution in [2.45, 2.75) is 89.9 Å². The van der Waals surface area contributed by atoms with Gasteiger partial charge in [-0.2, -0.15) is 0 Å². The Morgan fingerprint density at radius 2 is 1.40 bits per heavy atom. The molecule has 0 bridgehead atoms. The quantitative estimate of drug-likeness (QED) is 0.267. The molecule has 4 aromatic rings. The minimum absolute atomic E-state index is 0.197. The predicted molar refractivity (Wildman–Crippen MR) is 152 cm³/mol. The van der Waals surface area contributed by atoms with Crippen LogP contribution in [0.1, 0.15) is 99.5 Å². The van der Waals surface area contributed by atoms with E-state index in [9.17, 15) is 0 Å². The van der Waals surface area contributed by atoms with E-state index in [1.54, 1.807) is 16.7 Å². The van der Waals surface area contributed by atoms with Crippen LogP contribution in [0.25, 0.3) is 21.5 Å². The summed E-state index contributed by atoms with van der Waals surface area (Å²) in [5.74, 6) is 1.35. The van der Waals surface area contributed by atoms with Gasteiger partial charge in [-0.1, -0.05) is 120 Å². The molecule has 0 aliphatic heterocycles. The van der Waals surface area contributed by atoms with Crippen LogP contribution in [0.3, 0.4) is 0 Å². The zero-order valence-electron chi connectivity index (χ0n) is 21.9. The average molecular weight is 461 g/mol. The van der Waals surface area contributed by atoms with E-state index in [2.05, 4.69) is 87.5 Å². The fourth-order valence-corrected chi connectivity index (χ4v) is 7.01. The summed E-state index contributed by atoms with van der Waals surface area (Å²) in [6.07, 6.45) is 12.1. The van der Waals surface area contributed by atoms with Crippen molar-refractivity contribution in [2.75, 3.05) is 0 Å². The lowest BCUT2D eigenvalue weighted by molar-refractivity contribution is 0.357. The Morgan fingerprint density at radius 3 is 2.14 bits per heavy atom. The van der Waals surface area contributed by atoms with Crippen LogP contribution in [-0.2, 0) is 18.3 Å². The van der Waals surface area contributed by atoms with Crippen molar-refractivity contribution in [1.29, 1.82) is 0 Å². The highest BCUT2D eigenvalue weighted by Gasteiger charge is 2.26. The number of fused-ring (bicyclic) bond motifs is 5. The molecule has 0 nitrogen and oxygen atoms in total. The summed E-state index contributed by atoms with van der Waals surface area (Å²) in [5.41, 5.74) is 7.90. The number of hydrogen-bond acceptors (Lipinski definition) is 0. The van der Waals surface area contributed by atoms with E-state index in [1.807, 2.05) is 0 Å². The molecule has 0 heteroatoms. The van der Waals surface area contributed by atoms with Gasteiger partial charge in [-0.15, -0.1) is 0 Å². The molecule has 2 aliphatic rings. The lowest BCUT2D eigenvalue weighted by Crippen LogP contribution is -2.14. The highest BCUT2D eigenvalue weighted by molar-refractivity contribution is 6.10. The van der Waals surface area contributed by atoms with Crippen LogP contribution in [0.4, 0.5) is 0 Å². The molecule has 0 aromatic heterocycles. The molecule has 1 fully saturated rings. The van der Waals surface area contributed by atoms with E-state index < -0.39 is 0 Å². The number of hydrogen-bond donors (Lipinski definition) is 0.